The molecule has 20 heavy (non-hydrogen) atoms. The predicted molar refractivity (Wildman–Crippen MR) is 73.4 cm³/mol. The van der Waals surface area contributed by atoms with Gasteiger partial charge < -0.3 is 15.5 Å². The van der Waals surface area contributed by atoms with Crippen molar-refractivity contribution in [1.29, 1.82) is 0 Å². The first kappa shape index (κ1) is 15.9. The van der Waals surface area contributed by atoms with E-state index in [2.05, 4.69) is 10.3 Å². The van der Waals surface area contributed by atoms with Gasteiger partial charge in [0.15, 0.2) is 5.69 Å². The van der Waals surface area contributed by atoms with Crippen molar-refractivity contribution in [1.82, 2.24) is 10.3 Å². The van der Waals surface area contributed by atoms with Crippen LogP contribution in [0.5, 0.6) is 5.75 Å². The standard InChI is InChI=1S/C14H20N2O4/c1-9(2)6-10(7-12(18)19)8-16-14(20)13-11(17)4-3-5-15-13/h3-5,9-10,17H,6-8H2,1-2H3,(H,16,20)(H,18,19). The number of aliphatic carboxylic acids is 1. The van der Waals surface area contributed by atoms with Crippen molar-refractivity contribution in [3.8, 4) is 5.75 Å². The van der Waals surface area contributed by atoms with E-state index in [1.165, 1.54) is 18.3 Å². The van der Waals surface area contributed by atoms with E-state index >= 15 is 0 Å². The molecule has 0 fully saturated rings. The Hall–Kier alpha value is -2.11. The van der Waals surface area contributed by atoms with Crippen LogP contribution in [0.3, 0.4) is 0 Å². The summed E-state index contributed by atoms with van der Waals surface area (Å²) in [7, 11) is 0. The molecular weight excluding hydrogens is 260 g/mol. The normalized spacial score (nSPS) is 12.2. The van der Waals surface area contributed by atoms with Gasteiger partial charge in [-0.25, -0.2) is 4.98 Å². The molecule has 1 aromatic heterocycles. The first-order chi connectivity index (χ1) is 9.40. The second-order valence-corrected chi connectivity index (χ2v) is 5.17. The van der Waals surface area contributed by atoms with Crippen LogP contribution in [0.25, 0.3) is 0 Å². The van der Waals surface area contributed by atoms with Gasteiger partial charge in [-0.05, 0) is 30.4 Å². The number of carboxylic acid groups (broad SMARTS) is 1. The number of nitrogens with zero attached hydrogens (tertiary/aromatic N) is 1. The Balaban J connectivity index is 2.60. The average molecular weight is 280 g/mol. The summed E-state index contributed by atoms with van der Waals surface area (Å²) in [5.41, 5.74) is -0.0499. The SMILES string of the molecule is CC(C)CC(CNC(=O)c1ncccc1O)CC(=O)O. The Labute approximate surface area is 117 Å². The molecule has 0 aromatic carbocycles. The van der Waals surface area contributed by atoms with E-state index in [4.69, 9.17) is 5.11 Å². The number of hydrogen-bond donors (Lipinski definition) is 3. The Bertz CT molecular complexity index is 474. The Morgan fingerprint density at radius 1 is 1.40 bits per heavy atom. The average Bonchev–Trinajstić information content (AvgIpc) is 2.34. The monoisotopic (exact) mass is 280 g/mol. The zero-order chi connectivity index (χ0) is 15.1. The number of aromatic hydroxyl groups is 1. The maximum atomic E-state index is 11.9. The van der Waals surface area contributed by atoms with Gasteiger partial charge >= 0.3 is 5.97 Å². The fraction of sp³-hybridized carbons (Fsp3) is 0.500. The molecule has 1 aromatic rings. The molecule has 6 nitrogen and oxygen atoms in total. The van der Waals surface area contributed by atoms with Crippen molar-refractivity contribution in [2.24, 2.45) is 11.8 Å². The number of carbonyl (C=O) groups excluding carboxylic acids is 1. The highest BCUT2D eigenvalue weighted by atomic mass is 16.4. The molecule has 0 bridgehead atoms. The van der Waals surface area contributed by atoms with Crippen LogP contribution < -0.4 is 5.32 Å². The van der Waals surface area contributed by atoms with Crippen molar-refractivity contribution in [3.63, 3.8) is 0 Å². The van der Waals surface area contributed by atoms with Crippen molar-refractivity contribution in [2.45, 2.75) is 26.7 Å². The number of carboxylic acids is 1. The Morgan fingerprint density at radius 2 is 2.10 bits per heavy atom. The van der Waals surface area contributed by atoms with Crippen molar-refractivity contribution < 1.29 is 19.8 Å². The first-order valence-electron chi connectivity index (χ1n) is 6.54. The van der Waals surface area contributed by atoms with Crippen LogP contribution in [0.2, 0.25) is 0 Å². The van der Waals surface area contributed by atoms with Crippen LogP contribution in [-0.4, -0.2) is 33.6 Å². The van der Waals surface area contributed by atoms with Gasteiger partial charge in [0.05, 0.1) is 0 Å². The van der Waals surface area contributed by atoms with Gasteiger partial charge in [-0.1, -0.05) is 13.8 Å². The Kier molecular flexibility index (Phi) is 5.96. The molecule has 0 radical (unpaired) electrons. The lowest BCUT2D eigenvalue weighted by molar-refractivity contribution is -0.138. The van der Waals surface area contributed by atoms with E-state index in [-0.39, 0.29) is 30.3 Å². The van der Waals surface area contributed by atoms with Gasteiger partial charge in [-0.15, -0.1) is 0 Å². The molecule has 1 atom stereocenters. The zero-order valence-electron chi connectivity index (χ0n) is 11.7. The molecule has 110 valence electrons. The van der Waals surface area contributed by atoms with Gasteiger partial charge in [0.25, 0.3) is 5.91 Å². The number of carbonyl (C=O) groups is 2. The molecule has 0 spiro atoms. The fourth-order valence-electron chi connectivity index (χ4n) is 2.04. The molecule has 1 heterocycles. The molecule has 0 aliphatic heterocycles. The van der Waals surface area contributed by atoms with E-state index in [1.54, 1.807) is 0 Å². The summed E-state index contributed by atoms with van der Waals surface area (Å²) < 4.78 is 0. The third kappa shape index (κ3) is 5.26. The number of aromatic nitrogens is 1. The fourth-order valence-corrected chi connectivity index (χ4v) is 2.04. The van der Waals surface area contributed by atoms with Gasteiger partial charge in [-0.3, -0.25) is 9.59 Å². The molecule has 0 aliphatic carbocycles. The van der Waals surface area contributed by atoms with Crippen molar-refractivity contribution >= 4 is 11.9 Å². The summed E-state index contributed by atoms with van der Waals surface area (Å²) >= 11 is 0. The van der Waals surface area contributed by atoms with Crippen LogP contribution in [0, 0.1) is 11.8 Å². The lowest BCUT2D eigenvalue weighted by atomic mass is 9.94. The van der Waals surface area contributed by atoms with Crippen molar-refractivity contribution in [2.75, 3.05) is 6.54 Å². The molecule has 1 amide bonds. The second-order valence-electron chi connectivity index (χ2n) is 5.17. The van der Waals surface area contributed by atoms with Crippen LogP contribution in [-0.2, 0) is 4.79 Å². The van der Waals surface area contributed by atoms with Gasteiger partial charge in [0, 0.05) is 19.2 Å². The number of hydrogen-bond acceptors (Lipinski definition) is 4. The molecule has 1 unspecified atom stereocenters. The highest BCUT2D eigenvalue weighted by Crippen LogP contribution is 2.16. The van der Waals surface area contributed by atoms with Crippen LogP contribution in [0.4, 0.5) is 0 Å². The lowest BCUT2D eigenvalue weighted by Crippen LogP contribution is -2.31. The summed E-state index contributed by atoms with van der Waals surface area (Å²) in [5, 5.41) is 21.0. The Morgan fingerprint density at radius 3 is 2.65 bits per heavy atom. The van der Waals surface area contributed by atoms with Gasteiger partial charge in [-0.2, -0.15) is 0 Å². The summed E-state index contributed by atoms with van der Waals surface area (Å²) in [5.74, 6) is -1.36. The molecule has 0 saturated carbocycles. The summed E-state index contributed by atoms with van der Waals surface area (Å²) in [6.45, 7) is 4.25. The predicted octanol–water partition coefficient (Wildman–Crippen LogP) is 1.65. The molecule has 6 heteroatoms. The summed E-state index contributed by atoms with van der Waals surface area (Å²) in [6, 6.07) is 2.91. The number of amides is 1. The summed E-state index contributed by atoms with van der Waals surface area (Å²) in [4.78, 5) is 26.5. The number of pyridine rings is 1. The zero-order valence-corrected chi connectivity index (χ0v) is 11.7. The quantitative estimate of drug-likeness (QED) is 0.705. The van der Waals surface area contributed by atoms with E-state index in [0.29, 0.717) is 12.3 Å². The van der Waals surface area contributed by atoms with E-state index in [1.807, 2.05) is 13.8 Å². The van der Waals surface area contributed by atoms with Crippen LogP contribution in [0.15, 0.2) is 18.3 Å². The minimum Gasteiger partial charge on any atom is -0.505 e. The largest absolute Gasteiger partial charge is 0.505 e. The van der Waals surface area contributed by atoms with E-state index in [9.17, 15) is 14.7 Å². The minimum absolute atomic E-state index is 0.00661. The van der Waals surface area contributed by atoms with Crippen LogP contribution in [0.1, 0.15) is 37.2 Å². The third-order valence-corrected chi connectivity index (χ3v) is 2.82. The van der Waals surface area contributed by atoms with Crippen molar-refractivity contribution in [3.05, 3.63) is 24.0 Å². The molecule has 3 N–H and O–H groups in total. The van der Waals surface area contributed by atoms with E-state index < -0.39 is 11.9 Å². The maximum absolute atomic E-state index is 11.9. The molecule has 1 rings (SSSR count). The molecule has 0 saturated heterocycles. The molecule has 0 aliphatic rings. The maximum Gasteiger partial charge on any atom is 0.303 e. The van der Waals surface area contributed by atoms with Gasteiger partial charge in [0.2, 0.25) is 0 Å². The first-order valence-corrected chi connectivity index (χ1v) is 6.54. The van der Waals surface area contributed by atoms with Crippen LogP contribution >= 0.6 is 0 Å². The highest BCUT2D eigenvalue weighted by molar-refractivity contribution is 5.94. The van der Waals surface area contributed by atoms with Gasteiger partial charge in [0.1, 0.15) is 5.75 Å². The lowest BCUT2D eigenvalue weighted by Gasteiger charge is -2.17. The second kappa shape index (κ2) is 7.47. The minimum atomic E-state index is -0.884. The molecular formula is C14H20N2O4. The topological polar surface area (TPSA) is 99.5 Å². The number of nitrogens with one attached hydrogen (secondary N) is 1. The highest BCUT2D eigenvalue weighted by Gasteiger charge is 2.18. The third-order valence-electron chi connectivity index (χ3n) is 2.82. The number of rotatable bonds is 7. The smallest absolute Gasteiger partial charge is 0.303 e. The van der Waals surface area contributed by atoms with E-state index in [0.717, 1.165) is 0 Å². The summed E-state index contributed by atoms with van der Waals surface area (Å²) in [6.07, 6.45) is 2.13.